The van der Waals surface area contributed by atoms with Crippen LogP contribution in [0, 0.1) is 34.5 Å². The van der Waals surface area contributed by atoms with Crippen molar-refractivity contribution in [2.75, 3.05) is 5.75 Å². The van der Waals surface area contributed by atoms with Gasteiger partial charge in [-0.05, 0) is 67.6 Å². The fraction of sp³-hybridized carbons (Fsp3) is 0.850. The minimum Gasteiger partial charge on any atom is -0.481 e. The van der Waals surface area contributed by atoms with E-state index in [0.29, 0.717) is 37.0 Å². The molecule has 26 heavy (non-hydrogen) atoms. The van der Waals surface area contributed by atoms with Crippen LogP contribution in [0.5, 0.6) is 0 Å². The van der Waals surface area contributed by atoms with Gasteiger partial charge in [-0.25, -0.2) is 0 Å². The zero-order chi connectivity index (χ0) is 19.3. The fourth-order valence-corrected chi connectivity index (χ4v) is 7.59. The van der Waals surface area contributed by atoms with Crippen molar-refractivity contribution in [1.82, 2.24) is 0 Å². The second kappa shape index (κ2) is 6.62. The summed E-state index contributed by atoms with van der Waals surface area (Å²) >= 11 is 0. The van der Waals surface area contributed by atoms with Crippen LogP contribution in [0.2, 0.25) is 0 Å². The molecule has 2 fully saturated rings. The van der Waals surface area contributed by atoms with Crippen molar-refractivity contribution in [3.8, 4) is 0 Å². The first-order chi connectivity index (χ1) is 12.0. The average Bonchev–Trinajstić information content (AvgIpc) is 2.52. The Kier molecular flexibility index (Phi) is 5.06. The topological polar surface area (TPSA) is 91.7 Å². The van der Waals surface area contributed by atoms with Crippen LogP contribution in [0.1, 0.15) is 65.7 Å². The van der Waals surface area contributed by atoms with Crippen LogP contribution in [0.15, 0.2) is 11.6 Å². The summed E-state index contributed by atoms with van der Waals surface area (Å²) in [4.78, 5) is 12.3. The van der Waals surface area contributed by atoms with Crippen molar-refractivity contribution in [2.24, 2.45) is 34.5 Å². The highest BCUT2D eigenvalue weighted by Gasteiger charge is 2.61. The highest BCUT2D eigenvalue weighted by molar-refractivity contribution is 7.85. The van der Waals surface area contributed by atoms with Gasteiger partial charge in [-0.3, -0.25) is 9.35 Å². The largest absolute Gasteiger partial charge is 0.481 e. The van der Waals surface area contributed by atoms with E-state index in [4.69, 9.17) is 0 Å². The lowest BCUT2D eigenvalue weighted by Gasteiger charge is -2.59. The average molecular weight is 385 g/mol. The molecule has 0 amide bonds. The number of aliphatic carboxylic acids is 1. The molecule has 0 bridgehead atoms. The van der Waals surface area contributed by atoms with Crippen LogP contribution in [0.25, 0.3) is 0 Å². The number of carboxylic acid groups (broad SMARTS) is 1. The van der Waals surface area contributed by atoms with E-state index < -0.39 is 27.3 Å². The number of rotatable bonds is 4. The molecule has 0 aliphatic heterocycles. The summed E-state index contributed by atoms with van der Waals surface area (Å²) in [5.74, 6) is -0.382. The van der Waals surface area contributed by atoms with Crippen molar-refractivity contribution in [3.05, 3.63) is 11.6 Å². The molecule has 2 unspecified atom stereocenters. The van der Waals surface area contributed by atoms with Crippen LogP contribution in [-0.2, 0) is 14.9 Å². The Morgan fingerprint density at radius 2 is 1.96 bits per heavy atom. The molecule has 2 N–H and O–H groups in total. The van der Waals surface area contributed by atoms with Gasteiger partial charge in [0.25, 0.3) is 10.1 Å². The van der Waals surface area contributed by atoms with E-state index in [-0.39, 0.29) is 11.3 Å². The molecular formula is C20H32O5S. The quantitative estimate of drug-likeness (QED) is 0.561. The molecule has 6 heteroatoms. The van der Waals surface area contributed by atoms with Crippen molar-refractivity contribution in [1.29, 1.82) is 0 Å². The molecule has 5 atom stereocenters. The summed E-state index contributed by atoms with van der Waals surface area (Å²) in [6.45, 7) is 6.67. The predicted octanol–water partition coefficient (Wildman–Crippen LogP) is 4.15. The molecule has 3 aliphatic rings. The van der Waals surface area contributed by atoms with Gasteiger partial charge in [0.15, 0.2) is 0 Å². The number of allylic oxidation sites excluding steroid dienone is 2. The maximum absolute atomic E-state index is 12.3. The second-order valence-electron chi connectivity index (χ2n) is 9.42. The minimum atomic E-state index is -4.35. The molecule has 0 saturated heterocycles. The van der Waals surface area contributed by atoms with Gasteiger partial charge in [0, 0.05) is 0 Å². The van der Waals surface area contributed by atoms with Crippen LogP contribution < -0.4 is 0 Å². The zero-order valence-electron chi connectivity index (χ0n) is 16.1. The molecule has 3 aliphatic carbocycles. The summed E-state index contributed by atoms with van der Waals surface area (Å²) in [7, 11) is -4.35. The molecule has 148 valence electrons. The monoisotopic (exact) mass is 384 g/mol. The van der Waals surface area contributed by atoms with Gasteiger partial charge < -0.3 is 5.11 Å². The molecule has 2 saturated carbocycles. The van der Waals surface area contributed by atoms with Crippen LogP contribution >= 0.6 is 0 Å². The van der Waals surface area contributed by atoms with Crippen molar-refractivity contribution < 1.29 is 22.9 Å². The fourth-order valence-electron chi connectivity index (χ4n) is 6.47. The van der Waals surface area contributed by atoms with Gasteiger partial charge in [0.1, 0.15) is 0 Å². The molecule has 5 nitrogen and oxygen atoms in total. The first-order valence-corrected chi connectivity index (χ1v) is 11.5. The Bertz CT molecular complexity index is 710. The first-order valence-electron chi connectivity index (χ1n) is 9.89. The molecule has 0 heterocycles. The minimum absolute atomic E-state index is 0.201. The lowest BCUT2D eigenvalue weighted by molar-refractivity contribution is -0.164. The summed E-state index contributed by atoms with van der Waals surface area (Å²) in [6, 6.07) is 0. The molecule has 0 radical (unpaired) electrons. The number of carbonyl (C=O) groups is 1. The van der Waals surface area contributed by atoms with E-state index in [1.165, 1.54) is 5.57 Å². The van der Waals surface area contributed by atoms with Gasteiger partial charge >= 0.3 is 5.97 Å². The van der Waals surface area contributed by atoms with E-state index in [1.54, 1.807) is 0 Å². The Labute approximate surface area is 157 Å². The van der Waals surface area contributed by atoms with Crippen molar-refractivity contribution >= 4 is 16.1 Å². The van der Waals surface area contributed by atoms with Gasteiger partial charge in [-0.2, -0.15) is 8.42 Å². The van der Waals surface area contributed by atoms with Crippen LogP contribution in [0.3, 0.4) is 0 Å². The standard InChI is InChI=1S/C20H32O5S/c1-13(2)14-5-7-16-15(11-14)6-8-17-19(16,3)9-4-10-20(17,18(21)22)12-26(23,24)25/h11,13-14,16-17H,4-10,12H2,1-3H3,(H,21,22)(H,23,24,25)/t14?,16-,17?,19-,20-/m1/s1. The number of hydrogen-bond donors (Lipinski definition) is 2. The molecule has 0 aromatic heterocycles. The van der Waals surface area contributed by atoms with E-state index in [1.807, 2.05) is 0 Å². The summed E-state index contributed by atoms with van der Waals surface area (Å²) in [6.07, 6.45) is 8.14. The lowest BCUT2D eigenvalue weighted by Crippen LogP contribution is -2.57. The third-order valence-electron chi connectivity index (χ3n) is 7.71. The second-order valence-corrected chi connectivity index (χ2v) is 10.9. The Balaban J connectivity index is 2.00. The van der Waals surface area contributed by atoms with Crippen molar-refractivity contribution in [3.63, 3.8) is 0 Å². The van der Waals surface area contributed by atoms with E-state index in [2.05, 4.69) is 26.8 Å². The summed E-state index contributed by atoms with van der Waals surface area (Å²) in [5, 5.41) is 10.0. The third-order valence-corrected chi connectivity index (χ3v) is 8.59. The van der Waals surface area contributed by atoms with Gasteiger partial charge in [0.2, 0.25) is 0 Å². The molecule has 0 aromatic carbocycles. The predicted molar refractivity (Wildman–Crippen MR) is 100 cm³/mol. The van der Waals surface area contributed by atoms with Gasteiger partial charge in [0.05, 0.1) is 11.2 Å². The molecule has 3 rings (SSSR count). The molecular weight excluding hydrogens is 352 g/mol. The maximum atomic E-state index is 12.3. The summed E-state index contributed by atoms with van der Waals surface area (Å²) < 4.78 is 32.8. The Morgan fingerprint density at radius 1 is 1.27 bits per heavy atom. The van der Waals surface area contributed by atoms with Crippen molar-refractivity contribution in [2.45, 2.75) is 65.7 Å². The molecule has 0 aromatic rings. The lowest BCUT2D eigenvalue weighted by atomic mass is 9.45. The molecule has 0 spiro atoms. The van der Waals surface area contributed by atoms with E-state index in [9.17, 15) is 22.9 Å². The smallest absolute Gasteiger partial charge is 0.311 e. The maximum Gasteiger partial charge on any atom is 0.311 e. The Morgan fingerprint density at radius 3 is 2.54 bits per heavy atom. The zero-order valence-corrected chi connectivity index (χ0v) is 16.9. The SMILES string of the molecule is CC(C)C1C=C2CCC3[C@@](CS(=O)(=O)O)(C(=O)O)CCC[C@]3(C)[C@@H]2CC1. The highest BCUT2D eigenvalue weighted by atomic mass is 32.2. The highest BCUT2D eigenvalue weighted by Crippen LogP contribution is 2.63. The number of fused-ring (bicyclic) bond motifs is 3. The number of hydrogen-bond acceptors (Lipinski definition) is 3. The van der Waals surface area contributed by atoms with Crippen LogP contribution in [-0.4, -0.2) is 29.8 Å². The van der Waals surface area contributed by atoms with Crippen LogP contribution in [0.4, 0.5) is 0 Å². The third kappa shape index (κ3) is 3.24. The Hall–Kier alpha value is -0.880. The van der Waals surface area contributed by atoms with E-state index in [0.717, 1.165) is 25.7 Å². The normalized spacial score (nSPS) is 40.5. The first kappa shape index (κ1) is 19.9. The van der Waals surface area contributed by atoms with E-state index >= 15 is 0 Å². The van der Waals surface area contributed by atoms with Gasteiger partial charge in [-0.15, -0.1) is 0 Å². The summed E-state index contributed by atoms with van der Waals surface area (Å²) in [5.41, 5.74) is -0.101. The number of carboxylic acids is 1. The van der Waals surface area contributed by atoms with Gasteiger partial charge in [-0.1, -0.05) is 38.8 Å².